The number of para-hydroxylation sites is 1. The fourth-order valence-corrected chi connectivity index (χ4v) is 1.78. The Balaban J connectivity index is 3.25. The smallest absolute Gasteiger partial charge is 0.418 e. The van der Waals surface area contributed by atoms with Gasteiger partial charge in [0.15, 0.2) is 0 Å². The molecule has 0 atom stereocenters. The summed E-state index contributed by atoms with van der Waals surface area (Å²) in [4.78, 5) is 34.1. The van der Waals surface area contributed by atoms with Gasteiger partial charge in [0.05, 0.1) is 16.8 Å². The number of benzene rings is 1. The molecule has 0 aliphatic carbocycles. The molecule has 1 aromatic carbocycles. The van der Waals surface area contributed by atoms with Crippen LogP contribution in [0.3, 0.4) is 0 Å². The molecule has 132 valence electrons. The van der Waals surface area contributed by atoms with Crippen molar-refractivity contribution in [1.29, 1.82) is 0 Å². The maximum Gasteiger partial charge on any atom is 0.418 e. The van der Waals surface area contributed by atoms with E-state index in [0.717, 1.165) is 12.1 Å². The van der Waals surface area contributed by atoms with Crippen molar-refractivity contribution in [3.05, 3.63) is 29.3 Å². The zero-order valence-corrected chi connectivity index (χ0v) is 12.8. The van der Waals surface area contributed by atoms with Crippen LogP contribution in [0.25, 0.3) is 0 Å². The van der Waals surface area contributed by atoms with Crippen molar-refractivity contribution in [3.63, 3.8) is 0 Å². The van der Waals surface area contributed by atoms with Crippen LogP contribution in [0.1, 0.15) is 29.8 Å². The quantitative estimate of drug-likeness (QED) is 0.654. The number of nitrogens with one attached hydrogen (secondary N) is 3. The number of aliphatic carboxylic acids is 1. The van der Waals surface area contributed by atoms with E-state index >= 15 is 0 Å². The van der Waals surface area contributed by atoms with Crippen molar-refractivity contribution < 1.29 is 32.7 Å². The molecule has 0 aliphatic heterocycles. The molecule has 7 nitrogen and oxygen atoms in total. The third-order valence-corrected chi connectivity index (χ3v) is 2.67. The first-order valence-electron chi connectivity index (χ1n) is 6.80. The summed E-state index contributed by atoms with van der Waals surface area (Å²) < 4.78 is 39.4. The number of hydrogen-bond donors (Lipinski definition) is 4. The summed E-state index contributed by atoms with van der Waals surface area (Å²) in [7, 11) is 0. The number of carboxylic acid groups (broad SMARTS) is 1. The molecule has 24 heavy (non-hydrogen) atoms. The molecule has 3 amide bonds. The molecule has 10 heteroatoms. The second kappa shape index (κ2) is 7.66. The molecule has 0 saturated heterocycles. The minimum absolute atomic E-state index is 0.340. The number of alkyl halides is 3. The Hall–Kier alpha value is -2.78. The predicted octanol–water partition coefficient (Wildman–Crippen LogP) is 2.05. The van der Waals surface area contributed by atoms with Gasteiger partial charge in [0, 0.05) is 6.04 Å². The van der Waals surface area contributed by atoms with Crippen molar-refractivity contribution in [2.45, 2.75) is 26.1 Å². The number of hydrogen-bond acceptors (Lipinski definition) is 3. The van der Waals surface area contributed by atoms with E-state index in [4.69, 9.17) is 5.11 Å². The molecule has 0 unspecified atom stereocenters. The molecule has 0 aliphatic rings. The standard InChI is InChI=1S/C14H16F3N3O4/c1-7(2)19-13(24)20-11-8(12(23)18-6-10(21)22)4-3-5-9(11)14(15,16)17/h3-5,7H,6H2,1-2H3,(H,18,23)(H,21,22)(H2,19,20,24). The van der Waals surface area contributed by atoms with Crippen LogP contribution in [0.2, 0.25) is 0 Å². The molecular formula is C14H16F3N3O4. The average Bonchev–Trinajstić information content (AvgIpc) is 2.42. The van der Waals surface area contributed by atoms with Gasteiger partial charge in [0.2, 0.25) is 0 Å². The van der Waals surface area contributed by atoms with Gasteiger partial charge < -0.3 is 21.1 Å². The Morgan fingerprint density at radius 1 is 1.21 bits per heavy atom. The lowest BCUT2D eigenvalue weighted by atomic mass is 10.1. The highest BCUT2D eigenvalue weighted by atomic mass is 19.4. The second-order valence-corrected chi connectivity index (χ2v) is 5.06. The third kappa shape index (κ3) is 5.45. The maximum atomic E-state index is 13.1. The highest BCUT2D eigenvalue weighted by molar-refractivity contribution is 6.05. The first kappa shape index (κ1) is 19.3. The van der Waals surface area contributed by atoms with Gasteiger partial charge in [-0.15, -0.1) is 0 Å². The number of carbonyl (C=O) groups is 3. The van der Waals surface area contributed by atoms with Crippen LogP contribution in [0.15, 0.2) is 18.2 Å². The Morgan fingerprint density at radius 2 is 1.83 bits per heavy atom. The van der Waals surface area contributed by atoms with Crippen LogP contribution < -0.4 is 16.0 Å². The Labute approximate surface area is 135 Å². The van der Waals surface area contributed by atoms with E-state index in [2.05, 4.69) is 5.32 Å². The second-order valence-electron chi connectivity index (χ2n) is 5.06. The first-order chi connectivity index (χ1) is 11.0. The summed E-state index contributed by atoms with van der Waals surface area (Å²) in [6.45, 7) is 2.44. The van der Waals surface area contributed by atoms with Crippen LogP contribution in [-0.2, 0) is 11.0 Å². The Bertz CT molecular complexity index is 645. The SMILES string of the molecule is CC(C)NC(=O)Nc1c(C(=O)NCC(=O)O)cccc1C(F)(F)F. The number of carbonyl (C=O) groups excluding carboxylic acids is 2. The van der Waals surface area contributed by atoms with Crippen LogP contribution in [0.5, 0.6) is 0 Å². The predicted molar refractivity (Wildman–Crippen MR) is 78.7 cm³/mol. The van der Waals surface area contributed by atoms with Gasteiger partial charge in [-0.3, -0.25) is 9.59 Å². The van der Waals surface area contributed by atoms with Crippen LogP contribution in [0, 0.1) is 0 Å². The summed E-state index contributed by atoms with van der Waals surface area (Å²) in [5, 5.41) is 14.8. The fraction of sp³-hybridized carbons (Fsp3) is 0.357. The minimum atomic E-state index is -4.82. The van der Waals surface area contributed by atoms with Crippen LogP contribution in [0.4, 0.5) is 23.7 Å². The minimum Gasteiger partial charge on any atom is -0.480 e. The van der Waals surface area contributed by atoms with Gasteiger partial charge in [-0.2, -0.15) is 13.2 Å². The van der Waals surface area contributed by atoms with E-state index in [1.807, 2.05) is 10.6 Å². The molecular weight excluding hydrogens is 331 g/mol. The van der Waals surface area contributed by atoms with E-state index in [-0.39, 0.29) is 6.04 Å². The Kier molecular flexibility index (Phi) is 6.15. The lowest BCUT2D eigenvalue weighted by Crippen LogP contribution is -2.36. The van der Waals surface area contributed by atoms with Gasteiger partial charge >= 0.3 is 18.2 Å². The van der Waals surface area contributed by atoms with Gasteiger partial charge in [0.1, 0.15) is 6.54 Å². The number of rotatable bonds is 5. The van der Waals surface area contributed by atoms with E-state index in [1.54, 1.807) is 13.8 Å². The highest BCUT2D eigenvalue weighted by Gasteiger charge is 2.36. The van der Waals surface area contributed by atoms with Crippen molar-refractivity contribution >= 4 is 23.6 Å². The third-order valence-electron chi connectivity index (χ3n) is 2.67. The molecule has 1 rings (SSSR count). The molecule has 4 N–H and O–H groups in total. The van der Waals surface area contributed by atoms with E-state index < -0.39 is 47.4 Å². The van der Waals surface area contributed by atoms with Gasteiger partial charge in [-0.25, -0.2) is 4.79 Å². The number of amides is 3. The number of carboxylic acids is 1. The molecule has 0 fully saturated rings. The maximum absolute atomic E-state index is 13.1. The molecule has 0 saturated carbocycles. The summed E-state index contributed by atoms with van der Waals surface area (Å²) in [6.07, 6.45) is -4.82. The lowest BCUT2D eigenvalue weighted by molar-refractivity contribution is -0.137. The van der Waals surface area contributed by atoms with Gasteiger partial charge in [0.25, 0.3) is 5.91 Å². The number of urea groups is 1. The number of anilines is 1. The van der Waals surface area contributed by atoms with Gasteiger partial charge in [-0.1, -0.05) is 6.07 Å². The Morgan fingerprint density at radius 3 is 2.33 bits per heavy atom. The molecule has 1 aromatic rings. The highest BCUT2D eigenvalue weighted by Crippen LogP contribution is 2.36. The summed E-state index contributed by atoms with van der Waals surface area (Å²) in [5.41, 5.74) is -2.46. The van der Waals surface area contributed by atoms with Crippen LogP contribution >= 0.6 is 0 Å². The largest absolute Gasteiger partial charge is 0.480 e. The van der Waals surface area contributed by atoms with Crippen molar-refractivity contribution in [2.24, 2.45) is 0 Å². The molecule has 0 heterocycles. The average molecular weight is 347 g/mol. The first-order valence-corrected chi connectivity index (χ1v) is 6.80. The van der Waals surface area contributed by atoms with E-state index in [1.165, 1.54) is 0 Å². The summed E-state index contributed by atoms with van der Waals surface area (Å²) in [5.74, 6) is -2.41. The molecule has 0 radical (unpaired) electrons. The molecule has 0 aromatic heterocycles. The summed E-state index contributed by atoms with van der Waals surface area (Å²) >= 11 is 0. The molecule has 0 bridgehead atoms. The molecule has 0 spiro atoms. The van der Waals surface area contributed by atoms with Crippen LogP contribution in [-0.4, -0.2) is 35.6 Å². The zero-order chi connectivity index (χ0) is 18.5. The van der Waals surface area contributed by atoms with Crippen molar-refractivity contribution in [3.8, 4) is 0 Å². The number of halogens is 3. The fourth-order valence-electron chi connectivity index (χ4n) is 1.78. The summed E-state index contributed by atoms with van der Waals surface area (Å²) in [6, 6.07) is 1.49. The normalized spacial score (nSPS) is 11.1. The van der Waals surface area contributed by atoms with Crippen molar-refractivity contribution in [1.82, 2.24) is 10.6 Å². The van der Waals surface area contributed by atoms with E-state index in [0.29, 0.717) is 6.07 Å². The van der Waals surface area contributed by atoms with E-state index in [9.17, 15) is 27.6 Å². The monoisotopic (exact) mass is 347 g/mol. The topological polar surface area (TPSA) is 108 Å². The lowest BCUT2D eigenvalue weighted by Gasteiger charge is -2.18. The van der Waals surface area contributed by atoms with Gasteiger partial charge in [-0.05, 0) is 26.0 Å². The zero-order valence-electron chi connectivity index (χ0n) is 12.8. The van der Waals surface area contributed by atoms with Crippen molar-refractivity contribution in [2.75, 3.05) is 11.9 Å².